The monoisotopic (exact) mass is 440 g/mol. The van der Waals surface area contributed by atoms with Crippen LogP contribution in [0.15, 0.2) is 56.6 Å². The smallest absolute Gasteiger partial charge is 0.291 e. The Hall–Kier alpha value is -2.97. The summed E-state index contributed by atoms with van der Waals surface area (Å²) in [4.78, 5) is 25.2. The molecule has 4 rings (SSSR count). The summed E-state index contributed by atoms with van der Waals surface area (Å²) in [5.74, 6) is -0.686. The van der Waals surface area contributed by atoms with Gasteiger partial charge in [0, 0.05) is 24.8 Å². The maximum absolute atomic E-state index is 12.7. The molecule has 1 aliphatic rings. The van der Waals surface area contributed by atoms with Gasteiger partial charge in [-0.15, -0.1) is 0 Å². The zero-order valence-electron chi connectivity index (χ0n) is 17.5. The van der Waals surface area contributed by atoms with Crippen LogP contribution in [0.25, 0.3) is 11.0 Å². The first-order valence-electron chi connectivity index (χ1n) is 10.2. The molecule has 0 aliphatic carbocycles. The first kappa shape index (κ1) is 21.3. The lowest BCUT2D eigenvalue weighted by atomic mass is 10.1. The Morgan fingerprint density at radius 3 is 2.29 bits per heavy atom. The van der Waals surface area contributed by atoms with Gasteiger partial charge < -0.3 is 9.73 Å². The van der Waals surface area contributed by atoms with E-state index in [1.54, 1.807) is 12.1 Å². The van der Waals surface area contributed by atoms with Crippen LogP contribution in [0.5, 0.6) is 0 Å². The highest BCUT2D eigenvalue weighted by molar-refractivity contribution is 7.89. The molecule has 1 amide bonds. The van der Waals surface area contributed by atoms with Gasteiger partial charge in [0.2, 0.25) is 10.0 Å². The molecule has 0 radical (unpaired) electrons. The van der Waals surface area contributed by atoms with E-state index >= 15 is 0 Å². The molecule has 0 spiro atoms. The number of benzene rings is 2. The predicted molar refractivity (Wildman–Crippen MR) is 119 cm³/mol. The van der Waals surface area contributed by atoms with E-state index in [2.05, 4.69) is 5.32 Å². The summed E-state index contributed by atoms with van der Waals surface area (Å²) in [6.45, 7) is 4.87. The Morgan fingerprint density at radius 1 is 0.968 bits per heavy atom. The van der Waals surface area contributed by atoms with Crippen LogP contribution in [0.4, 0.5) is 5.69 Å². The molecule has 1 N–H and O–H groups in total. The molecule has 0 atom stereocenters. The van der Waals surface area contributed by atoms with Gasteiger partial charge in [-0.25, -0.2) is 8.42 Å². The van der Waals surface area contributed by atoms with Gasteiger partial charge in [0.15, 0.2) is 11.2 Å². The minimum Gasteiger partial charge on any atom is -0.451 e. The molecule has 2 aromatic carbocycles. The Morgan fingerprint density at radius 2 is 1.61 bits per heavy atom. The van der Waals surface area contributed by atoms with Crippen molar-refractivity contribution in [1.29, 1.82) is 0 Å². The summed E-state index contributed by atoms with van der Waals surface area (Å²) in [6, 6.07) is 10.7. The van der Waals surface area contributed by atoms with Crippen LogP contribution in [-0.4, -0.2) is 31.7 Å². The number of rotatable bonds is 4. The van der Waals surface area contributed by atoms with Crippen molar-refractivity contribution in [2.75, 3.05) is 18.4 Å². The van der Waals surface area contributed by atoms with Gasteiger partial charge in [0.1, 0.15) is 5.58 Å². The van der Waals surface area contributed by atoms with E-state index in [0.717, 1.165) is 30.4 Å². The zero-order valence-corrected chi connectivity index (χ0v) is 18.3. The third kappa shape index (κ3) is 4.26. The van der Waals surface area contributed by atoms with E-state index < -0.39 is 15.9 Å². The Kier molecular flexibility index (Phi) is 5.68. The lowest BCUT2D eigenvalue weighted by Crippen LogP contribution is -2.35. The van der Waals surface area contributed by atoms with Gasteiger partial charge in [-0.1, -0.05) is 6.42 Å². The van der Waals surface area contributed by atoms with Crippen molar-refractivity contribution in [3.8, 4) is 0 Å². The van der Waals surface area contributed by atoms with Crippen LogP contribution < -0.4 is 10.7 Å². The Labute approximate surface area is 180 Å². The highest BCUT2D eigenvalue weighted by atomic mass is 32.2. The van der Waals surface area contributed by atoms with E-state index in [1.807, 2.05) is 13.8 Å². The van der Waals surface area contributed by atoms with Gasteiger partial charge in [-0.2, -0.15) is 4.31 Å². The van der Waals surface area contributed by atoms with Gasteiger partial charge >= 0.3 is 0 Å². The fraction of sp³-hybridized carbons (Fsp3) is 0.304. The highest BCUT2D eigenvalue weighted by Gasteiger charge is 2.25. The van der Waals surface area contributed by atoms with Crippen molar-refractivity contribution >= 4 is 32.6 Å². The van der Waals surface area contributed by atoms with E-state index in [4.69, 9.17) is 4.42 Å². The Balaban J connectivity index is 1.55. The van der Waals surface area contributed by atoms with Gasteiger partial charge in [0.25, 0.3) is 5.91 Å². The van der Waals surface area contributed by atoms with Crippen molar-refractivity contribution in [1.82, 2.24) is 4.31 Å². The van der Waals surface area contributed by atoms with Crippen LogP contribution in [0.3, 0.4) is 0 Å². The summed E-state index contributed by atoms with van der Waals surface area (Å²) in [7, 11) is -3.54. The fourth-order valence-corrected chi connectivity index (χ4v) is 5.20. The molecule has 0 saturated carbocycles. The molecule has 8 heteroatoms. The van der Waals surface area contributed by atoms with Crippen LogP contribution in [0, 0.1) is 13.8 Å². The minimum absolute atomic E-state index is 0.106. The number of hydrogen-bond acceptors (Lipinski definition) is 5. The minimum atomic E-state index is -3.54. The largest absolute Gasteiger partial charge is 0.451 e. The normalized spacial score (nSPS) is 15.2. The number of nitrogens with zero attached hydrogens (tertiary/aromatic N) is 1. The third-order valence-electron chi connectivity index (χ3n) is 5.63. The van der Waals surface area contributed by atoms with Crippen LogP contribution >= 0.6 is 0 Å². The second-order valence-corrected chi connectivity index (χ2v) is 9.79. The molecule has 162 valence electrons. The first-order chi connectivity index (χ1) is 14.8. The quantitative estimate of drug-likeness (QED) is 0.665. The molecule has 7 nitrogen and oxygen atoms in total. The molecule has 31 heavy (non-hydrogen) atoms. The van der Waals surface area contributed by atoms with Gasteiger partial charge in [-0.3, -0.25) is 9.59 Å². The summed E-state index contributed by atoms with van der Waals surface area (Å²) < 4.78 is 32.6. The molecule has 1 aromatic heterocycles. The summed E-state index contributed by atoms with van der Waals surface area (Å²) >= 11 is 0. The number of nitrogens with one attached hydrogen (secondary N) is 1. The molecule has 3 aromatic rings. The number of piperidine rings is 1. The number of carbonyl (C=O) groups excluding carboxylic acids is 1. The highest BCUT2D eigenvalue weighted by Crippen LogP contribution is 2.23. The lowest BCUT2D eigenvalue weighted by Gasteiger charge is -2.25. The standard InChI is InChI=1S/C23H24N2O5S/c1-15-12-19-20(26)14-22(30-21(19)13-16(15)2)23(27)24-17-6-8-18(9-7-17)31(28,29)25-10-4-3-5-11-25/h6-9,12-14H,3-5,10-11H2,1-2H3,(H,24,27). The maximum Gasteiger partial charge on any atom is 0.291 e. The van der Waals surface area contributed by atoms with Gasteiger partial charge in [-0.05, 0) is 74.2 Å². The van der Waals surface area contributed by atoms with Crippen molar-refractivity contribution in [2.45, 2.75) is 38.0 Å². The fourth-order valence-electron chi connectivity index (χ4n) is 3.68. The molecule has 1 saturated heterocycles. The van der Waals surface area contributed by atoms with Crippen molar-refractivity contribution in [3.63, 3.8) is 0 Å². The number of hydrogen-bond donors (Lipinski definition) is 1. The van der Waals surface area contributed by atoms with Crippen molar-refractivity contribution in [2.24, 2.45) is 0 Å². The summed E-state index contributed by atoms with van der Waals surface area (Å²) in [5.41, 5.74) is 2.39. The summed E-state index contributed by atoms with van der Waals surface area (Å²) in [5, 5.41) is 3.08. The molecule has 0 bridgehead atoms. The van der Waals surface area contributed by atoms with E-state index in [9.17, 15) is 18.0 Å². The molecule has 1 aliphatic heterocycles. The third-order valence-corrected chi connectivity index (χ3v) is 7.55. The summed E-state index contributed by atoms with van der Waals surface area (Å²) in [6.07, 6.45) is 2.77. The van der Waals surface area contributed by atoms with Crippen LogP contribution in [0.1, 0.15) is 40.9 Å². The molecular weight excluding hydrogens is 416 g/mol. The van der Waals surface area contributed by atoms with E-state index in [1.165, 1.54) is 34.6 Å². The van der Waals surface area contributed by atoms with Gasteiger partial charge in [0.05, 0.1) is 10.3 Å². The lowest BCUT2D eigenvalue weighted by molar-refractivity contribution is 0.0997. The number of amides is 1. The number of sulfonamides is 1. The zero-order chi connectivity index (χ0) is 22.2. The van der Waals surface area contributed by atoms with E-state index in [0.29, 0.717) is 29.7 Å². The number of fused-ring (bicyclic) bond motifs is 1. The van der Waals surface area contributed by atoms with Crippen molar-refractivity contribution < 1.29 is 17.6 Å². The molecule has 2 heterocycles. The predicted octanol–water partition coefficient (Wildman–Crippen LogP) is 3.84. The number of anilines is 1. The number of carbonyl (C=O) groups is 1. The average molecular weight is 441 g/mol. The Bertz CT molecular complexity index is 1300. The van der Waals surface area contributed by atoms with Crippen LogP contribution in [-0.2, 0) is 10.0 Å². The topological polar surface area (TPSA) is 96.7 Å². The van der Waals surface area contributed by atoms with E-state index in [-0.39, 0.29) is 16.1 Å². The molecule has 0 unspecified atom stereocenters. The number of aryl methyl sites for hydroxylation is 2. The molecule has 1 fully saturated rings. The van der Waals surface area contributed by atoms with Crippen molar-refractivity contribution in [3.05, 3.63) is 69.6 Å². The average Bonchev–Trinajstić information content (AvgIpc) is 2.76. The second kappa shape index (κ2) is 8.28. The van der Waals surface area contributed by atoms with Crippen LogP contribution in [0.2, 0.25) is 0 Å². The molecular formula is C23H24N2O5S. The second-order valence-electron chi connectivity index (χ2n) is 7.85. The SMILES string of the molecule is Cc1cc2oc(C(=O)Nc3ccc(S(=O)(=O)N4CCCCC4)cc3)cc(=O)c2cc1C. The maximum atomic E-state index is 12.7. The first-order valence-corrected chi connectivity index (χ1v) is 11.7.